The van der Waals surface area contributed by atoms with Crippen molar-refractivity contribution in [3.8, 4) is 0 Å². The SMILES string of the molecule is Cc1ccc(S(=O)(=O)Nc2c(C)cccc2C(C)C)cc1C(=O)N1CCCCC1. The summed E-state index contributed by atoms with van der Waals surface area (Å²) in [6.07, 6.45) is 3.13. The summed E-state index contributed by atoms with van der Waals surface area (Å²) in [6.45, 7) is 9.27. The van der Waals surface area contributed by atoms with Crippen LogP contribution >= 0.6 is 0 Å². The molecule has 0 bridgehead atoms. The van der Waals surface area contributed by atoms with Crippen LogP contribution in [0, 0.1) is 13.8 Å². The summed E-state index contributed by atoms with van der Waals surface area (Å²) in [7, 11) is -3.82. The molecule has 5 nitrogen and oxygen atoms in total. The molecule has 156 valence electrons. The van der Waals surface area contributed by atoms with Gasteiger partial charge in [0.2, 0.25) is 0 Å². The molecular formula is C23H30N2O3S. The molecule has 29 heavy (non-hydrogen) atoms. The minimum absolute atomic E-state index is 0.0852. The lowest BCUT2D eigenvalue weighted by atomic mass is 9.99. The molecule has 0 unspecified atom stereocenters. The number of para-hydroxylation sites is 1. The quantitative estimate of drug-likeness (QED) is 0.760. The summed E-state index contributed by atoms with van der Waals surface area (Å²) in [6, 6.07) is 10.6. The Morgan fingerprint density at radius 2 is 1.69 bits per heavy atom. The van der Waals surface area contributed by atoms with Crippen molar-refractivity contribution in [3.05, 3.63) is 58.7 Å². The average molecular weight is 415 g/mol. The molecule has 2 aromatic carbocycles. The third-order valence-electron chi connectivity index (χ3n) is 5.56. The molecule has 1 N–H and O–H groups in total. The van der Waals surface area contributed by atoms with E-state index >= 15 is 0 Å². The van der Waals surface area contributed by atoms with E-state index in [0.29, 0.717) is 11.3 Å². The summed E-state index contributed by atoms with van der Waals surface area (Å²) in [5.74, 6) is 0.0971. The zero-order chi connectivity index (χ0) is 21.2. The van der Waals surface area contributed by atoms with E-state index in [-0.39, 0.29) is 16.7 Å². The van der Waals surface area contributed by atoms with Crippen molar-refractivity contribution in [1.82, 2.24) is 4.90 Å². The zero-order valence-electron chi connectivity index (χ0n) is 17.7. The highest BCUT2D eigenvalue weighted by molar-refractivity contribution is 7.92. The van der Waals surface area contributed by atoms with Crippen molar-refractivity contribution in [2.75, 3.05) is 17.8 Å². The first-order valence-corrected chi connectivity index (χ1v) is 11.7. The molecular weight excluding hydrogens is 384 g/mol. The van der Waals surface area contributed by atoms with Crippen molar-refractivity contribution in [2.45, 2.75) is 57.8 Å². The number of amides is 1. The molecule has 1 fully saturated rings. The Bertz CT molecular complexity index is 1010. The molecule has 6 heteroatoms. The summed E-state index contributed by atoms with van der Waals surface area (Å²) in [5.41, 5.74) is 3.69. The normalized spacial score (nSPS) is 14.9. The molecule has 3 rings (SSSR count). The van der Waals surface area contributed by atoms with Crippen LogP contribution in [0.2, 0.25) is 0 Å². The molecule has 0 spiro atoms. The van der Waals surface area contributed by atoms with Gasteiger partial charge in [0, 0.05) is 18.7 Å². The van der Waals surface area contributed by atoms with Gasteiger partial charge in [-0.1, -0.05) is 38.1 Å². The minimum Gasteiger partial charge on any atom is -0.339 e. The maximum absolute atomic E-state index is 13.2. The van der Waals surface area contributed by atoms with Crippen molar-refractivity contribution in [3.63, 3.8) is 0 Å². The summed E-state index contributed by atoms with van der Waals surface area (Å²) < 4.78 is 29.1. The van der Waals surface area contributed by atoms with E-state index in [4.69, 9.17) is 0 Å². The van der Waals surface area contributed by atoms with Crippen molar-refractivity contribution < 1.29 is 13.2 Å². The first-order chi connectivity index (χ1) is 13.7. The molecule has 1 amide bonds. The molecule has 1 aliphatic rings. The Hall–Kier alpha value is -2.34. The van der Waals surface area contributed by atoms with Crippen molar-refractivity contribution in [2.24, 2.45) is 0 Å². The minimum atomic E-state index is -3.82. The first kappa shape index (κ1) is 21.4. The van der Waals surface area contributed by atoms with Crippen molar-refractivity contribution in [1.29, 1.82) is 0 Å². The van der Waals surface area contributed by atoms with Crippen LogP contribution in [-0.4, -0.2) is 32.3 Å². The Labute approximate surface area is 174 Å². The number of anilines is 1. The summed E-state index contributed by atoms with van der Waals surface area (Å²) in [4.78, 5) is 14.9. The number of rotatable bonds is 5. The lowest BCUT2D eigenvalue weighted by Gasteiger charge is -2.27. The molecule has 0 atom stereocenters. The summed E-state index contributed by atoms with van der Waals surface area (Å²) in [5, 5.41) is 0. The van der Waals surface area contributed by atoms with Gasteiger partial charge in [-0.05, 0) is 67.9 Å². The lowest BCUT2D eigenvalue weighted by molar-refractivity contribution is 0.0723. The van der Waals surface area contributed by atoms with Crippen LogP contribution < -0.4 is 4.72 Å². The second kappa shape index (κ2) is 8.57. The van der Waals surface area contributed by atoms with Crippen molar-refractivity contribution >= 4 is 21.6 Å². The highest BCUT2D eigenvalue weighted by Gasteiger charge is 2.24. The van der Waals surface area contributed by atoms with Crippen LogP contribution in [0.15, 0.2) is 41.3 Å². The molecule has 2 aromatic rings. The number of sulfonamides is 1. The van der Waals surface area contributed by atoms with Crippen LogP contribution in [0.25, 0.3) is 0 Å². The molecule has 1 saturated heterocycles. The fourth-order valence-corrected chi connectivity index (χ4v) is 4.96. The van der Waals surface area contributed by atoms with Gasteiger partial charge in [0.1, 0.15) is 0 Å². The van der Waals surface area contributed by atoms with Crippen LogP contribution in [0.4, 0.5) is 5.69 Å². The second-order valence-electron chi connectivity index (χ2n) is 8.13. The number of benzene rings is 2. The number of nitrogens with zero attached hydrogens (tertiary/aromatic N) is 1. The Morgan fingerprint density at radius 3 is 2.34 bits per heavy atom. The molecule has 0 aliphatic carbocycles. The smallest absolute Gasteiger partial charge is 0.261 e. The lowest BCUT2D eigenvalue weighted by Crippen LogP contribution is -2.36. The maximum Gasteiger partial charge on any atom is 0.261 e. The topological polar surface area (TPSA) is 66.5 Å². The highest BCUT2D eigenvalue weighted by atomic mass is 32.2. The van der Waals surface area contributed by atoms with E-state index in [1.165, 1.54) is 6.07 Å². The van der Waals surface area contributed by atoms with Gasteiger partial charge in [0.05, 0.1) is 10.6 Å². The Balaban J connectivity index is 1.95. The molecule has 0 aromatic heterocycles. The fraction of sp³-hybridized carbons (Fsp3) is 0.435. The summed E-state index contributed by atoms with van der Waals surface area (Å²) >= 11 is 0. The number of nitrogens with one attached hydrogen (secondary N) is 1. The van der Waals surface area contributed by atoms with Gasteiger partial charge < -0.3 is 4.90 Å². The van der Waals surface area contributed by atoms with Crippen LogP contribution in [-0.2, 0) is 10.0 Å². The molecule has 0 saturated carbocycles. The van der Waals surface area contributed by atoms with Gasteiger partial charge in [-0.3, -0.25) is 9.52 Å². The molecule has 0 radical (unpaired) electrons. The number of hydrogen-bond acceptors (Lipinski definition) is 3. The number of hydrogen-bond donors (Lipinski definition) is 1. The van der Waals surface area contributed by atoms with E-state index in [1.54, 1.807) is 12.1 Å². The number of aryl methyl sites for hydroxylation is 2. The van der Waals surface area contributed by atoms with E-state index < -0.39 is 10.0 Å². The highest BCUT2D eigenvalue weighted by Crippen LogP contribution is 2.30. The molecule has 1 aliphatic heterocycles. The number of carbonyl (C=O) groups excluding carboxylic acids is 1. The standard InChI is InChI=1S/C23H30N2O3S/c1-16(2)20-10-8-9-18(4)22(20)24-29(27,28)19-12-11-17(3)21(15-19)23(26)25-13-6-5-7-14-25/h8-12,15-16,24H,5-7,13-14H2,1-4H3. The van der Waals surface area contributed by atoms with E-state index in [9.17, 15) is 13.2 Å². The van der Waals surface area contributed by atoms with Gasteiger partial charge >= 0.3 is 0 Å². The van der Waals surface area contributed by atoms with Gasteiger partial charge in [-0.2, -0.15) is 0 Å². The van der Waals surface area contributed by atoms with Gasteiger partial charge in [0.25, 0.3) is 15.9 Å². The van der Waals surface area contributed by atoms with E-state index in [1.807, 2.05) is 50.8 Å². The van der Waals surface area contributed by atoms with Crippen LogP contribution in [0.1, 0.15) is 66.1 Å². The fourth-order valence-electron chi connectivity index (χ4n) is 3.77. The average Bonchev–Trinajstić information content (AvgIpc) is 2.69. The largest absolute Gasteiger partial charge is 0.339 e. The van der Waals surface area contributed by atoms with E-state index in [2.05, 4.69) is 4.72 Å². The van der Waals surface area contributed by atoms with Gasteiger partial charge in [-0.25, -0.2) is 8.42 Å². The third kappa shape index (κ3) is 4.64. The monoisotopic (exact) mass is 414 g/mol. The van der Waals surface area contributed by atoms with E-state index in [0.717, 1.165) is 49.0 Å². The zero-order valence-corrected chi connectivity index (χ0v) is 18.5. The predicted octanol–water partition coefficient (Wildman–Crippen LogP) is 4.85. The third-order valence-corrected chi connectivity index (χ3v) is 6.90. The van der Waals surface area contributed by atoms with Crippen LogP contribution in [0.3, 0.4) is 0 Å². The first-order valence-electron chi connectivity index (χ1n) is 10.2. The number of likely N-dealkylation sites (tertiary alicyclic amines) is 1. The molecule has 1 heterocycles. The van der Waals surface area contributed by atoms with Gasteiger partial charge in [-0.15, -0.1) is 0 Å². The number of carbonyl (C=O) groups is 1. The van der Waals surface area contributed by atoms with Gasteiger partial charge in [0.15, 0.2) is 0 Å². The number of piperidine rings is 1. The maximum atomic E-state index is 13.2. The second-order valence-corrected chi connectivity index (χ2v) is 9.81. The van der Waals surface area contributed by atoms with Crippen LogP contribution in [0.5, 0.6) is 0 Å². The Kier molecular flexibility index (Phi) is 6.32. The predicted molar refractivity (Wildman–Crippen MR) is 117 cm³/mol. The Morgan fingerprint density at radius 1 is 1.00 bits per heavy atom.